The number of sulfone groups is 1. The third-order valence-corrected chi connectivity index (χ3v) is 5.41. The molecule has 3 aromatic rings. The van der Waals surface area contributed by atoms with Crippen LogP contribution in [0.25, 0.3) is 5.82 Å². The molecule has 0 fully saturated rings. The van der Waals surface area contributed by atoms with Gasteiger partial charge in [0.25, 0.3) is 0 Å². The number of hydrogen-bond acceptors (Lipinski definition) is 6. The van der Waals surface area contributed by atoms with Gasteiger partial charge in [-0.2, -0.15) is 5.10 Å². The van der Waals surface area contributed by atoms with Gasteiger partial charge in [0.15, 0.2) is 15.7 Å². The van der Waals surface area contributed by atoms with Crippen molar-refractivity contribution in [1.82, 2.24) is 19.7 Å². The van der Waals surface area contributed by atoms with Gasteiger partial charge < -0.3 is 5.32 Å². The molecular weight excluding hydrogens is 366 g/mol. The molecular formula is C18H19N5O3S. The number of carbonyl (C=O) groups is 1. The second-order valence-electron chi connectivity index (χ2n) is 5.97. The van der Waals surface area contributed by atoms with Gasteiger partial charge in [0, 0.05) is 0 Å². The lowest BCUT2D eigenvalue weighted by Gasteiger charge is -2.07. The van der Waals surface area contributed by atoms with E-state index in [0.717, 1.165) is 5.56 Å². The first-order valence-electron chi connectivity index (χ1n) is 8.37. The summed E-state index contributed by atoms with van der Waals surface area (Å²) in [6, 6.07) is 12.9. The Balaban J connectivity index is 1.49. The van der Waals surface area contributed by atoms with Crippen molar-refractivity contribution in [2.24, 2.45) is 0 Å². The minimum Gasteiger partial charge on any atom is -0.324 e. The lowest BCUT2D eigenvalue weighted by Crippen LogP contribution is -2.25. The Bertz CT molecular complexity index is 972. The van der Waals surface area contributed by atoms with Crippen LogP contribution in [0.4, 0.5) is 5.69 Å². The lowest BCUT2D eigenvalue weighted by molar-refractivity contribution is -0.113. The number of nitrogens with zero attached hydrogens (tertiary/aromatic N) is 4. The summed E-state index contributed by atoms with van der Waals surface area (Å²) in [5.74, 6) is -0.616. The average Bonchev–Trinajstić information content (AvgIpc) is 3.17. The lowest BCUT2D eigenvalue weighted by atomic mass is 10.1. The second-order valence-corrected chi connectivity index (χ2v) is 8.16. The summed E-state index contributed by atoms with van der Waals surface area (Å²) < 4.78 is 25.7. The molecule has 8 nitrogen and oxygen atoms in total. The summed E-state index contributed by atoms with van der Waals surface area (Å²) in [4.78, 5) is 20.0. The summed E-state index contributed by atoms with van der Waals surface area (Å²) in [6.45, 7) is 0. The third kappa shape index (κ3) is 5.71. The number of hydrogen-bond donors (Lipinski definition) is 1. The SMILES string of the molecule is O=C(CS(=O)(=O)CCCc1ccccc1)Nc1ccc(-n2cncn2)nc1. The third-order valence-electron chi connectivity index (χ3n) is 3.80. The molecule has 0 saturated carbocycles. The molecule has 2 heterocycles. The van der Waals surface area contributed by atoms with Gasteiger partial charge in [-0.05, 0) is 30.5 Å². The quantitative estimate of drug-likeness (QED) is 0.632. The molecule has 1 aromatic carbocycles. The molecule has 1 amide bonds. The zero-order chi connectivity index (χ0) is 19.1. The van der Waals surface area contributed by atoms with E-state index in [0.29, 0.717) is 24.3 Å². The van der Waals surface area contributed by atoms with Crippen molar-refractivity contribution in [3.63, 3.8) is 0 Å². The molecule has 0 saturated heterocycles. The van der Waals surface area contributed by atoms with Gasteiger partial charge in [-0.3, -0.25) is 4.79 Å². The molecule has 3 rings (SSSR count). The predicted molar refractivity (Wildman–Crippen MR) is 101 cm³/mol. The van der Waals surface area contributed by atoms with E-state index in [4.69, 9.17) is 0 Å². The highest BCUT2D eigenvalue weighted by Crippen LogP contribution is 2.09. The van der Waals surface area contributed by atoms with E-state index >= 15 is 0 Å². The van der Waals surface area contributed by atoms with Gasteiger partial charge in [0.05, 0.1) is 17.6 Å². The maximum Gasteiger partial charge on any atom is 0.239 e. The van der Waals surface area contributed by atoms with E-state index in [9.17, 15) is 13.2 Å². The minimum absolute atomic E-state index is 0.0290. The second kappa shape index (κ2) is 8.54. The number of pyridine rings is 1. The smallest absolute Gasteiger partial charge is 0.239 e. The number of aromatic nitrogens is 4. The van der Waals surface area contributed by atoms with Crippen molar-refractivity contribution in [3.05, 3.63) is 66.9 Å². The van der Waals surface area contributed by atoms with E-state index in [1.54, 1.807) is 12.1 Å². The Labute approximate surface area is 157 Å². The average molecular weight is 385 g/mol. The fourth-order valence-electron chi connectivity index (χ4n) is 2.53. The van der Waals surface area contributed by atoms with Gasteiger partial charge in [-0.15, -0.1) is 0 Å². The highest BCUT2D eigenvalue weighted by molar-refractivity contribution is 7.92. The zero-order valence-electron chi connectivity index (χ0n) is 14.5. The van der Waals surface area contributed by atoms with E-state index in [-0.39, 0.29) is 5.75 Å². The van der Waals surface area contributed by atoms with Crippen molar-refractivity contribution in [3.8, 4) is 5.82 Å². The van der Waals surface area contributed by atoms with Crippen molar-refractivity contribution in [2.75, 3.05) is 16.8 Å². The highest BCUT2D eigenvalue weighted by atomic mass is 32.2. The van der Waals surface area contributed by atoms with Crippen LogP contribution in [-0.2, 0) is 21.1 Å². The maximum absolute atomic E-state index is 12.1. The normalized spacial score (nSPS) is 11.3. The van der Waals surface area contributed by atoms with Gasteiger partial charge in [-0.1, -0.05) is 30.3 Å². The first-order chi connectivity index (χ1) is 13.0. The number of rotatable bonds is 8. The Morgan fingerprint density at radius 2 is 1.93 bits per heavy atom. The first-order valence-corrected chi connectivity index (χ1v) is 10.2. The van der Waals surface area contributed by atoms with Crippen LogP contribution < -0.4 is 5.32 Å². The molecule has 0 spiro atoms. The summed E-state index contributed by atoms with van der Waals surface area (Å²) in [5, 5.41) is 6.51. The molecule has 0 radical (unpaired) electrons. The number of carbonyl (C=O) groups excluding carboxylic acids is 1. The van der Waals surface area contributed by atoms with Crippen LogP contribution in [0.1, 0.15) is 12.0 Å². The topological polar surface area (TPSA) is 107 Å². The Morgan fingerprint density at radius 1 is 1.11 bits per heavy atom. The van der Waals surface area contributed by atoms with Crippen LogP contribution >= 0.6 is 0 Å². The molecule has 9 heteroatoms. The van der Waals surface area contributed by atoms with Crippen LogP contribution in [0, 0.1) is 0 Å². The molecule has 0 atom stereocenters. The molecule has 1 N–H and O–H groups in total. The van der Waals surface area contributed by atoms with Crippen LogP contribution in [0.3, 0.4) is 0 Å². The van der Waals surface area contributed by atoms with Gasteiger partial charge >= 0.3 is 0 Å². The molecule has 0 bridgehead atoms. The van der Waals surface area contributed by atoms with Gasteiger partial charge in [-0.25, -0.2) is 23.1 Å². The van der Waals surface area contributed by atoms with Crippen LogP contribution in [-0.4, -0.2) is 45.6 Å². The van der Waals surface area contributed by atoms with Crippen LogP contribution in [0.15, 0.2) is 61.3 Å². The molecule has 0 aliphatic heterocycles. The summed E-state index contributed by atoms with van der Waals surface area (Å²) in [7, 11) is -3.47. The van der Waals surface area contributed by atoms with Crippen LogP contribution in [0.5, 0.6) is 0 Å². The van der Waals surface area contributed by atoms with Gasteiger partial charge in [0.2, 0.25) is 5.91 Å². The number of aryl methyl sites for hydroxylation is 1. The monoisotopic (exact) mass is 385 g/mol. The van der Waals surface area contributed by atoms with Crippen molar-refractivity contribution in [2.45, 2.75) is 12.8 Å². The summed E-state index contributed by atoms with van der Waals surface area (Å²) in [5.41, 5.74) is 1.50. The Morgan fingerprint density at radius 3 is 2.59 bits per heavy atom. The number of benzene rings is 1. The number of amides is 1. The Kier molecular flexibility index (Phi) is 5.92. The maximum atomic E-state index is 12.1. The summed E-state index contributed by atoms with van der Waals surface area (Å²) >= 11 is 0. The minimum atomic E-state index is -3.47. The van der Waals surface area contributed by atoms with E-state index in [1.165, 1.54) is 23.5 Å². The van der Waals surface area contributed by atoms with E-state index < -0.39 is 21.5 Å². The molecule has 27 heavy (non-hydrogen) atoms. The van der Waals surface area contributed by atoms with E-state index in [2.05, 4.69) is 20.4 Å². The van der Waals surface area contributed by atoms with Crippen molar-refractivity contribution < 1.29 is 13.2 Å². The molecule has 0 aliphatic carbocycles. The Hall–Kier alpha value is -3.07. The number of anilines is 1. The largest absolute Gasteiger partial charge is 0.324 e. The van der Waals surface area contributed by atoms with Crippen LogP contribution in [0.2, 0.25) is 0 Å². The molecule has 0 unspecified atom stereocenters. The predicted octanol–water partition coefficient (Wildman–Crippen LogP) is 1.65. The highest BCUT2D eigenvalue weighted by Gasteiger charge is 2.16. The standard InChI is InChI=1S/C18H19N5O3S/c24-18(12-27(25,26)10-4-7-15-5-2-1-3-6-15)22-16-8-9-17(20-11-16)23-14-19-13-21-23/h1-3,5-6,8-9,11,13-14H,4,7,10,12H2,(H,22,24). The summed E-state index contributed by atoms with van der Waals surface area (Å²) in [6.07, 6.45) is 5.47. The molecule has 2 aromatic heterocycles. The molecule has 0 aliphatic rings. The van der Waals surface area contributed by atoms with Gasteiger partial charge in [0.1, 0.15) is 18.4 Å². The van der Waals surface area contributed by atoms with Crippen molar-refractivity contribution >= 4 is 21.4 Å². The first kappa shape index (κ1) is 18.7. The number of nitrogens with one attached hydrogen (secondary N) is 1. The zero-order valence-corrected chi connectivity index (χ0v) is 15.3. The fourth-order valence-corrected chi connectivity index (χ4v) is 3.73. The molecule has 140 valence electrons. The van der Waals surface area contributed by atoms with Crippen molar-refractivity contribution in [1.29, 1.82) is 0 Å². The fraction of sp³-hybridized carbons (Fsp3) is 0.222. The van der Waals surface area contributed by atoms with E-state index in [1.807, 2.05) is 30.3 Å².